The molecule has 0 saturated heterocycles. The van der Waals surface area contributed by atoms with Gasteiger partial charge in [-0.3, -0.25) is 4.79 Å². The number of carbonyl (C=O) groups is 1. The molecule has 0 aromatic heterocycles. The minimum Gasteiger partial charge on any atom is -0.489 e. The van der Waals surface area contributed by atoms with Crippen LogP contribution in [-0.2, 0) is 11.4 Å². The van der Waals surface area contributed by atoms with Gasteiger partial charge in [0.05, 0.1) is 6.21 Å². The van der Waals surface area contributed by atoms with Gasteiger partial charge in [-0.2, -0.15) is 5.10 Å². The molecule has 1 amide bonds. The lowest BCUT2D eigenvalue weighted by Gasteiger charge is -2.09. The summed E-state index contributed by atoms with van der Waals surface area (Å²) in [6.07, 6.45) is 1.57. The Balaban J connectivity index is 1.48. The van der Waals surface area contributed by atoms with Crippen LogP contribution >= 0.6 is 0 Å². The molecule has 29 heavy (non-hydrogen) atoms. The predicted molar refractivity (Wildman–Crippen MR) is 114 cm³/mol. The summed E-state index contributed by atoms with van der Waals surface area (Å²) in [4.78, 5) is 12.0. The number of hydrazone groups is 1. The van der Waals surface area contributed by atoms with Gasteiger partial charge in [0.25, 0.3) is 5.91 Å². The van der Waals surface area contributed by atoms with E-state index in [1.54, 1.807) is 6.21 Å². The van der Waals surface area contributed by atoms with E-state index in [0.717, 1.165) is 28.0 Å². The van der Waals surface area contributed by atoms with Crippen LogP contribution in [0.2, 0.25) is 0 Å². The van der Waals surface area contributed by atoms with Gasteiger partial charge in [-0.25, -0.2) is 5.43 Å². The third-order valence-corrected chi connectivity index (χ3v) is 4.21. The number of nitrogens with one attached hydrogen (secondary N) is 1. The maximum Gasteiger partial charge on any atom is 0.277 e. The monoisotopic (exact) mass is 388 g/mol. The standard InChI is InChI=1S/C24H24N2O3/c1-18-11-12-19(2)23(13-18)29-17-24(27)26-25-15-21-9-6-10-22(14-21)28-16-20-7-4-3-5-8-20/h3-15H,16-17H2,1-2H3,(H,26,27). The predicted octanol–water partition coefficient (Wildman–Crippen LogP) is 4.41. The first kappa shape index (κ1) is 20.1. The van der Waals surface area contributed by atoms with E-state index in [-0.39, 0.29) is 12.5 Å². The Labute approximate surface area is 171 Å². The van der Waals surface area contributed by atoms with Crippen molar-refractivity contribution < 1.29 is 14.3 Å². The molecule has 0 saturated carbocycles. The average molecular weight is 388 g/mol. The molecule has 5 nitrogen and oxygen atoms in total. The zero-order valence-electron chi connectivity index (χ0n) is 16.6. The van der Waals surface area contributed by atoms with Gasteiger partial charge >= 0.3 is 0 Å². The molecule has 5 heteroatoms. The fraction of sp³-hybridized carbons (Fsp3) is 0.167. The summed E-state index contributed by atoms with van der Waals surface area (Å²) in [5.41, 5.74) is 6.47. The highest BCUT2D eigenvalue weighted by Gasteiger charge is 2.04. The van der Waals surface area contributed by atoms with Gasteiger partial charge in [-0.1, -0.05) is 54.6 Å². The van der Waals surface area contributed by atoms with Crippen LogP contribution in [0.5, 0.6) is 11.5 Å². The van der Waals surface area contributed by atoms with Gasteiger partial charge in [0.1, 0.15) is 18.1 Å². The SMILES string of the molecule is Cc1ccc(C)c(OCC(=O)NN=Cc2cccc(OCc3ccccc3)c2)c1. The number of hydrogen-bond donors (Lipinski definition) is 1. The van der Waals surface area contributed by atoms with Crippen LogP contribution < -0.4 is 14.9 Å². The molecule has 0 bridgehead atoms. The molecule has 0 spiro atoms. The Kier molecular flexibility index (Phi) is 7.00. The third-order valence-electron chi connectivity index (χ3n) is 4.21. The van der Waals surface area contributed by atoms with E-state index in [2.05, 4.69) is 10.5 Å². The summed E-state index contributed by atoms with van der Waals surface area (Å²) >= 11 is 0. The number of nitrogens with zero attached hydrogens (tertiary/aromatic N) is 1. The molecule has 0 radical (unpaired) electrons. The highest BCUT2D eigenvalue weighted by Crippen LogP contribution is 2.18. The summed E-state index contributed by atoms with van der Waals surface area (Å²) in [6.45, 7) is 4.32. The molecule has 0 aliphatic rings. The molecule has 1 N–H and O–H groups in total. The van der Waals surface area contributed by atoms with Crippen molar-refractivity contribution >= 4 is 12.1 Å². The van der Waals surface area contributed by atoms with E-state index < -0.39 is 0 Å². The zero-order valence-corrected chi connectivity index (χ0v) is 16.6. The molecule has 0 aliphatic carbocycles. The lowest BCUT2D eigenvalue weighted by molar-refractivity contribution is -0.123. The lowest BCUT2D eigenvalue weighted by Crippen LogP contribution is -2.24. The van der Waals surface area contributed by atoms with Crippen LogP contribution in [0.4, 0.5) is 0 Å². The second-order valence-corrected chi connectivity index (χ2v) is 6.70. The molecule has 0 heterocycles. The maximum absolute atomic E-state index is 12.0. The Hall–Kier alpha value is -3.60. The number of amides is 1. The van der Waals surface area contributed by atoms with Crippen molar-refractivity contribution in [2.45, 2.75) is 20.5 Å². The minimum atomic E-state index is -0.321. The van der Waals surface area contributed by atoms with Gasteiger partial charge in [-0.15, -0.1) is 0 Å². The largest absolute Gasteiger partial charge is 0.489 e. The molecular formula is C24H24N2O3. The smallest absolute Gasteiger partial charge is 0.277 e. The highest BCUT2D eigenvalue weighted by molar-refractivity contribution is 5.83. The first-order chi connectivity index (χ1) is 14.1. The van der Waals surface area contributed by atoms with E-state index in [1.165, 1.54) is 0 Å². The van der Waals surface area contributed by atoms with Crippen molar-refractivity contribution in [3.8, 4) is 11.5 Å². The van der Waals surface area contributed by atoms with E-state index in [1.807, 2.05) is 86.6 Å². The van der Waals surface area contributed by atoms with Gasteiger partial charge in [0, 0.05) is 0 Å². The lowest BCUT2D eigenvalue weighted by atomic mass is 10.1. The van der Waals surface area contributed by atoms with E-state index in [4.69, 9.17) is 9.47 Å². The number of hydrogen-bond acceptors (Lipinski definition) is 4. The quantitative estimate of drug-likeness (QED) is 0.459. The second-order valence-electron chi connectivity index (χ2n) is 6.70. The highest BCUT2D eigenvalue weighted by atomic mass is 16.5. The molecule has 148 valence electrons. The second kappa shape index (κ2) is 10.1. The van der Waals surface area contributed by atoms with Crippen LogP contribution in [0.1, 0.15) is 22.3 Å². The summed E-state index contributed by atoms with van der Waals surface area (Å²) in [6, 6.07) is 23.4. The molecule has 0 unspecified atom stereocenters. The Morgan fingerprint density at radius 1 is 0.966 bits per heavy atom. The minimum absolute atomic E-state index is 0.0954. The molecule has 0 atom stereocenters. The fourth-order valence-corrected chi connectivity index (χ4v) is 2.64. The molecule has 0 aliphatic heterocycles. The molecule has 3 aromatic carbocycles. The van der Waals surface area contributed by atoms with Crippen LogP contribution in [0, 0.1) is 13.8 Å². The van der Waals surface area contributed by atoms with Gasteiger partial charge in [0.2, 0.25) is 0 Å². The normalized spacial score (nSPS) is 10.7. The van der Waals surface area contributed by atoms with E-state index in [0.29, 0.717) is 12.4 Å². The Bertz CT molecular complexity index is 984. The average Bonchev–Trinajstić information content (AvgIpc) is 2.74. The molecule has 3 aromatic rings. The van der Waals surface area contributed by atoms with Crippen molar-refractivity contribution in [2.75, 3.05) is 6.61 Å². The summed E-state index contributed by atoms with van der Waals surface area (Å²) in [5.74, 6) is 1.12. The number of benzene rings is 3. The summed E-state index contributed by atoms with van der Waals surface area (Å²) in [7, 11) is 0. The third kappa shape index (κ3) is 6.50. The first-order valence-electron chi connectivity index (χ1n) is 9.39. The van der Waals surface area contributed by atoms with Crippen LogP contribution in [0.3, 0.4) is 0 Å². The summed E-state index contributed by atoms with van der Waals surface area (Å²) < 4.78 is 11.4. The van der Waals surface area contributed by atoms with E-state index >= 15 is 0 Å². The van der Waals surface area contributed by atoms with E-state index in [9.17, 15) is 4.79 Å². The van der Waals surface area contributed by atoms with Gasteiger partial charge < -0.3 is 9.47 Å². The number of carbonyl (C=O) groups excluding carboxylic acids is 1. The van der Waals surface area contributed by atoms with Crippen molar-refractivity contribution in [3.05, 3.63) is 95.1 Å². The Morgan fingerprint density at radius 3 is 2.62 bits per heavy atom. The number of ether oxygens (including phenoxy) is 2. The molecule has 3 rings (SSSR count). The fourth-order valence-electron chi connectivity index (χ4n) is 2.64. The van der Waals surface area contributed by atoms with Crippen LogP contribution in [0.15, 0.2) is 77.9 Å². The molecule has 0 fully saturated rings. The maximum atomic E-state index is 12.0. The zero-order chi connectivity index (χ0) is 20.5. The number of aryl methyl sites for hydroxylation is 2. The Morgan fingerprint density at radius 2 is 1.79 bits per heavy atom. The van der Waals surface area contributed by atoms with Crippen molar-refractivity contribution in [2.24, 2.45) is 5.10 Å². The van der Waals surface area contributed by atoms with Crippen molar-refractivity contribution in [1.29, 1.82) is 0 Å². The van der Waals surface area contributed by atoms with Crippen LogP contribution in [-0.4, -0.2) is 18.7 Å². The van der Waals surface area contributed by atoms with Gasteiger partial charge in [-0.05, 0) is 54.3 Å². The first-order valence-corrected chi connectivity index (χ1v) is 9.39. The van der Waals surface area contributed by atoms with Gasteiger partial charge in [0.15, 0.2) is 6.61 Å². The summed E-state index contributed by atoms with van der Waals surface area (Å²) in [5, 5.41) is 3.99. The van der Waals surface area contributed by atoms with Crippen LogP contribution in [0.25, 0.3) is 0 Å². The molecular weight excluding hydrogens is 364 g/mol. The van der Waals surface area contributed by atoms with Crippen molar-refractivity contribution in [1.82, 2.24) is 5.43 Å². The topological polar surface area (TPSA) is 59.9 Å². The van der Waals surface area contributed by atoms with Crippen molar-refractivity contribution in [3.63, 3.8) is 0 Å². The number of rotatable bonds is 8.